The van der Waals surface area contributed by atoms with Crippen molar-refractivity contribution in [3.8, 4) is 0 Å². The van der Waals surface area contributed by atoms with Crippen molar-refractivity contribution in [2.45, 2.75) is 57.8 Å². The number of nitrogens with one attached hydrogen (secondary N) is 1. The second kappa shape index (κ2) is 16.7. The lowest BCUT2D eigenvalue weighted by Gasteiger charge is -2.40. The number of thiazole rings is 1. The van der Waals surface area contributed by atoms with Crippen molar-refractivity contribution >= 4 is 58.1 Å². The fourth-order valence-electron chi connectivity index (χ4n) is 7.46. The van der Waals surface area contributed by atoms with Gasteiger partial charge in [0.1, 0.15) is 5.92 Å². The van der Waals surface area contributed by atoms with E-state index in [0.717, 1.165) is 37.7 Å². The summed E-state index contributed by atoms with van der Waals surface area (Å²) < 4.78 is 10.5. The predicted octanol–water partition coefficient (Wildman–Crippen LogP) is 5.54. The molecule has 1 amide bonds. The molecule has 5 rings (SSSR count). The van der Waals surface area contributed by atoms with Crippen LogP contribution in [0.3, 0.4) is 0 Å². The minimum atomic E-state index is -1.02. The molecule has 260 valence electrons. The first kappa shape index (κ1) is 36.5. The Morgan fingerprint density at radius 2 is 1.75 bits per heavy atom. The summed E-state index contributed by atoms with van der Waals surface area (Å²) in [4.78, 5) is 54.8. The molecule has 13 heteroatoms. The highest BCUT2D eigenvalue weighted by Gasteiger charge is 2.46. The Morgan fingerprint density at radius 3 is 2.35 bits per heavy atom. The van der Waals surface area contributed by atoms with Gasteiger partial charge in [0.2, 0.25) is 5.91 Å². The number of piperazine rings is 1. The Hall–Kier alpha value is -2.83. The number of amides is 1. The third-order valence-electron chi connectivity index (χ3n) is 9.86. The first-order chi connectivity index (χ1) is 23.2. The van der Waals surface area contributed by atoms with Crippen LogP contribution in [0.4, 0.5) is 0 Å². The summed E-state index contributed by atoms with van der Waals surface area (Å²) in [5.74, 6) is -3.44. The molecule has 2 aliphatic heterocycles. The molecule has 3 aliphatic rings. The van der Waals surface area contributed by atoms with E-state index in [2.05, 4.69) is 22.1 Å². The second-order valence-electron chi connectivity index (χ2n) is 12.8. The zero-order valence-corrected chi connectivity index (χ0v) is 30.3. The molecule has 1 N–H and O–H groups in total. The highest BCUT2D eigenvalue weighted by Crippen LogP contribution is 2.46. The molecule has 2 aromatic rings. The highest BCUT2D eigenvalue weighted by atomic mass is 35.5. The van der Waals surface area contributed by atoms with Gasteiger partial charge < -0.3 is 19.7 Å². The van der Waals surface area contributed by atoms with E-state index < -0.39 is 23.8 Å². The lowest BCUT2D eigenvalue weighted by atomic mass is 9.74. The van der Waals surface area contributed by atoms with E-state index in [9.17, 15) is 14.4 Å². The van der Waals surface area contributed by atoms with E-state index in [4.69, 9.17) is 37.7 Å². The maximum atomic E-state index is 14.0. The maximum absolute atomic E-state index is 14.0. The summed E-state index contributed by atoms with van der Waals surface area (Å²) in [7, 11) is 2.56. The first-order valence-electron chi connectivity index (χ1n) is 16.7. The smallest absolute Gasteiger partial charge is 0.336 e. The Morgan fingerprint density at radius 1 is 1.04 bits per heavy atom. The van der Waals surface area contributed by atoms with Crippen molar-refractivity contribution in [3.63, 3.8) is 0 Å². The molecule has 0 bridgehead atoms. The molecule has 2 unspecified atom stereocenters. The molecular formula is C35H45Cl2N5O5S. The molecular weight excluding hydrogens is 673 g/mol. The topological polar surface area (TPSA) is 113 Å². The number of aryl methyl sites for hydroxylation is 1. The number of halogens is 2. The fourth-order valence-corrected chi connectivity index (χ4v) is 8.72. The summed E-state index contributed by atoms with van der Waals surface area (Å²) in [6.07, 6.45) is 7.45. The lowest BCUT2D eigenvalue weighted by Crippen LogP contribution is -2.52. The van der Waals surface area contributed by atoms with Crippen LogP contribution < -0.4 is 5.32 Å². The van der Waals surface area contributed by atoms with Crippen molar-refractivity contribution in [1.29, 1.82) is 0 Å². The standard InChI is InChI=1S/C35H45Cl2N5O5S/c1-4-38-21-35(12-5-6-13-35)22-41-15-17-42(18-16-41)28(43)20-26-31(34(45)47-3)32(29-23(36)8-7-9-24(29)37)30(33(44)46-2)25(40-26)10-11-27-39-14-19-48-27/h7-9,14,19,30,32,38H,4-6,10-13,15-18,20-22H2,1-3H3. The number of rotatable bonds is 13. The number of aliphatic imine (C=N–C) groups is 1. The number of methoxy groups -OCH3 is 2. The molecule has 10 nitrogen and oxygen atoms in total. The van der Waals surface area contributed by atoms with E-state index in [1.165, 1.54) is 51.2 Å². The third kappa shape index (κ3) is 8.30. The lowest BCUT2D eigenvalue weighted by molar-refractivity contribution is -0.143. The summed E-state index contributed by atoms with van der Waals surface area (Å²) in [6.45, 7) is 7.91. The van der Waals surface area contributed by atoms with Crippen LogP contribution in [-0.4, -0.2) is 98.4 Å². The fraction of sp³-hybridized carbons (Fsp3) is 0.571. The van der Waals surface area contributed by atoms with Gasteiger partial charge in [-0.25, -0.2) is 9.78 Å². The Kier molecular flexibility index (Phi) is 12.7. The molecule has 1 aromatic heterocycles. The number of esters is 2. The molecule has 2 atom stereocenters. The van der Waals surface area contributed by atoms with Crippen LogP contribution in [0.5, 0.6) is 0 Å². The summed E-state index contributed by atoms with van der Waals surface area (Å²) in [5.41, 5.74) is 1.48. The van der Waals surface area contributed by atoms with Gasteiger partial charge in [0, 0.05) is 78.9 Å². The molecule has 1 aliphatic carbocycles. The van der Waals surface area contributed by atoms with Crippen LogP contribution in [0.25, 0.3) is 0 Å². The van der Waals surface area contributed by atoms with Crippen LogP contribution in [0.2, 0.25) is 10.0 Å². The van der Waals surface area contributed by atoms with Gasteiger partial charge >= 0.3 is 11.9 Å². The largest absolute Gasteiger partial charge is 0.468 e. The zero-order chi connectivity index (χ0) is 34.3. The molecule has 0 radical (unpaired) electrons. The van der Waals surface area contributed by atoms with Gasteiger partial charge in [-0.3, -0.25) is 19.5 Å². The van der Waals surface area contributed by atoms with Crippen LogP contribution in [0.15, 0.2) is 46.0 Å². The van der Waals surface area contributed by atoms with Gasteiger partial charge in [0.15, 0.2) is 0 Å². The molecule has 48 heavy (non-hydrogen) atoms. The van der Waals surface area contributed by atoms with Gasteiger partial charge in [0.25, 0.3) is 0 Å². The average molecular weight is 719 g/mol. The predicted molar refractivity (Wildman–Crippen MR) is 189 cm³/mol. The summed E-state index contributed by atoms with van der Waals surface area (Å²) in [6, 6.07) is 5.01. The number of carbonyl (C=O) groups is 3. The van der Waals surface area contributed by atoms with Crippen molar-refractivity contribution in [3.05, 3.63) is 61.7 Å². The van der Waals surface area contributed by atoms with E-state index in [1.807, 2.05) is 10.3 Å². The molecule has 2 fully saturated rings. The number of hydrogen-bond acceptors (Lipinski definition) is 10. The van der Waals surface area contributed by atoms with Crippen molar-refractivity contribution in [2.75, 3.05) is 60.0 Å². The number of hydrogen-bond donors (Lipinski definition) is 1. The van der Waals surface area contributed by atoms with Crippen LogP contribution in [0.1, 0.15) is 61.9 Å². The van der Waals surface area contributed by atoms with Gasteiger partial charge in [-0.15, -0.1) is 11.3 Å². The second-order valence-corrected chi connectivity index (χ2v) is 14.6. The Labute approximate surface area is 296 Å². The van der Waals surface area contributed by atoms with Crippen LogP contribution in [-0.2, 0) is 30.3 Å². The molecule has 1 saturated carbocycles. The van der Waals surface area contributed by atoms with Crippen molar-refractivity contribution < 1.29 is 23.9 Å². The maximum Gasteiger partial charge on any atom is 0.336 e. The number of aromatic nitrogens is 1. The monoisotopic (exact) mass is 717 g/mol. The van der Waals surface area contributed by atoms with Crippen molar-refractivity contribution in [2.24, 2.45) is 16.3 Å². The normalized spacial score (nSPS) is 21.3. The summed E-state index contributed by atoms with van der Waals surface area (Å²) in [5, 5.41) is 6.89. The Balaban J connectivity index is 1.45. The third-order valence-corrected chi connectivity index (χ3v) is 11.4. The zero-order valence-electron chi connectivity index (χ0n) is 27.9. The molecule has 0 spiro atoms. The summed E-state index contributed by atoms with van der Waals surface area (Å²) >= 11 is 15.0. The van der Waals surface area contributed by atoms with Crippen LogP contribution >= 0.6 is 34.5 Å². The van der Waals surface area contributed by atoms with Gasteiger partial charge in [-0.1, -0.05) is 49.0 Å². The minimum Gasteiger partial charge on any atom is -0.468 e. The SMILES string of the molecule is CCNCC1(CN2CCN(C(=O)CC3=C(C(=O)OC)C(c4c(Cl)cccc4Cl)C(C(=O)OC)C(CCc4nccs4)=N3)CC2)CCCC1. The quantitative estimate of drug-likeness (QED) is 0.269. The van der Waals surface area contributed by atoms with E-state index in [-0.39, 0.29) is 33.6 Å². The van der Waals surface area contributed by atoms with Gasteiger partial charge in [0.05, 0.1) is 36.9 Å². The van der Waals surface area contributed by atoms with Crippen molar-refractivity contribution in [1.82, 2.24) is 20.1 Å². The van der Waals surface area contributed by atoms with Gasteiger partial charge in [-0.05, 0) is 48.9 Å². The van der Waals surface area contributed by atoms with E-state index in [1.54, 1.807) is 24.4 Å². The number of benzene rings is 1. The van der Waals surface area contributed by atoms with Crippen LogP contribution in [0, 0.1) is 11.3 Å². The number of ether oxygens (including phenoxy) is 2. The number of nitrogens with zero attached hydrogens (tertiary/aromatic N) is 4. The van der Waals surface area contributed by atoms with E-state index >= 15 is 0 Å². The Bertz CT molecular complexity index is 1500. The van der Waals surface area contributed by atoms with Gasteiger partial charge in [-0.2, -0.15) is 0 Å². The molecule has 1 aromatic carbocycles. The minimum absolute atomic E-state index is 0.0829. The molecule has 1 saturated heterocycles. The van der Waals surface area contributed by atoms with E-state index in [0.29, 0.717) is 42.6 Å². The first-order valence-corrected chi connectivity index (χ1v) is 18.3. The number of carbonyl (C=O) groups excluding carboxylic acids is 3. The molecule has 3 heterocycles. The highest BCUT2D eigenvalue weighted by molar-refractivity contribution is 7.09. The average Bonchev–Trinajstić information content (AvgIpc) is 3.79.